The summed E-state index contributed by atoms with van der Waals surface area (Å²) in [5.74, 6) is -0.0204. The topological polar surface area (TPSA) is 71.7 Å². The van der Waals surface area contributed by atoms with Crippen LogP contribution in [0.15, 0.2) is 15.3 Å². The highest BCUT2D eigenvalue weighted by Crippen LogP contribution is 2.37. The van der Waals surface area contributed by atoms with E-state index in [4.69, 9.17) is 20.8 Å². The highest BCUT2D eigenvalue weighted by Gasteiger charge is 2.23. The summed E-state index contributed by atoms with van der Waals surface area (Å²) in [6, 6.07) is 1.73. The minimum absolute atomic E-state index is 0.0204. The number of aryl methyl sites for hydroxylation is 1. The molecule has 0 amide bonds. The number of fused-ring (bicyclic) bond motifs is 3. The SMILES string of the molecule is O=c1oc2c(CNC[C@H]3CCCO3)c(O)c(Cl)cc2c2c1CCCC2. The summed E-state index contributed by atoms with van der Waals surface area (Å²) in [5, 5.41) is 14.9. The van der Waals surface area contributed by atoms with Gasteiger partial charge in [0.1, 0.15) is 11.3 Å². The van der Waals surface area contributed by atoms with Crippen LogP contribution in [0, 0.1) is 0 Å². The van der Waals surface area contributed by atoms with Crippen LogP contribution in [-0.4, -0.2) is 24.4 Å². The van der Waals surface area contributed by atoms with Gasteiger partial charge in [0.05, 0.1) is 16.7 Å². The Balaban J connectivity index is 1.72. The highest BCUT2D eigenvalue weighted by atomic mass is 35.5. The molecule has 1 saturated heterocycles. The fourth-order valence-electron chi connectivity index (χ4n) is 3.93. The van der Waals surface area contributed by atoms with Gasteiger partial charge in [0.2, 0.25) is 0 Å². The zero-order valence-corrected chi connectivity index (χ0v) is 14.8. The predicted octanol–water partition coefficient (Wildman–Crippen LogP) is 3.30. The second-order valence-corrected chi connectivity index (χ2v) is 7.29. The van der Waals surface area contributed by atoms with Crippen molar-refractivity contribution >= 4 is 22.6 Å². The lowest BCUT2D eigenvalue weighted by Crippen LogP contribution is -2.26. The first-order valence-electron chi connectivity index (χ1n) is 8.96. The molecular formula is C19H22ClNO4. The molecule has 0 radical (unpaired) electrons. The van der Waals surface area contributed by atoms with Crippen LogP contribution in [0.1, 0.15) is 42.4 Å². The van der Waals surface area contributed by atoms with Crippen LogP contribution in [0.4, 0.5) is 0 Å². The van der Waals surface area contributed by atoms with Crippen molar-refractivity contribution in [2.24, 2.45) is 0 Å². The Hall–Kier alpha value is -1.56. The van der Waals surface area contributed by atoms with Gasteiger partial charge in [-0.2, -0.15) is 0 Å². The van der Waals surface area contributed by atoms with Crippen molar-refractivity contribution < 1.29 is 14.3 Å². The summed E-state index contributed by atoms with van der Waals surface area (Å²) >= 11 is 6.26. The van der Waals surface area contributed by atoms with E-state index >= 15 is 0 Å². The van der Waals surface area contributed by atoms with Gasteiger partial charge in [-0.05, 0) is 50.2 Å². The Bertz CT molecular complexity index is 855. The average molecular weight is 364 g/mol. The van der Waals surface area contributed by atoms with Crippen LogP contribution in [0.25, 0.3) is 11.0 Å². The number of phenolic OH excluding ortho intramolecular Hbond substituents is 1. The number of phenols is 1. The number of ether oxygens (including phenoxy) is 1. The monoisotopic (exact) mass is 363 g/mol. The molecule has 134 valence electrons. The molecule has 1 aliphatic heterocycles. The molecule has 1 atom stereocenters. The molecule has 0 spiro atoms. The van der Waals surface area contributed by atoms with E-state index in [0.29, 0.717) is 29.3 Å². The minimum Gasteiger partial charge on any atom is -0.506 e. The molecule has 25 heavy (non-hydrogen) atoms. The van der Waals surface area contributed by atoms with Gasteiger partial charge in [0, 0.05) is 30.6 Å². The quantitative estimate of drug-likeness (QED) is 0.815. The fraction of sp³-hybridized carbons (Fsp3) is 0.526. The van der Waals surface area contributed by atoms with E-state index in [1.54, 1.807) is 6.07 Å². The molecule has 4 rings (SSSR count). The van der Waals surface area contributed by atoms with E-state index in [-0.39, 0.29) is 17.5 Å². The number of hydrogen-bond acceptors (Lipinski definition) is 5. The lowest BCUT2D eigenvalue weighted by atomic mass is 9.90. The van der Waals surface area contributed by atoms with Gasteiger partial charge in [0.25, 0.3) is 0 Å². The first-order valence-corrected chi connectivity index (χ1v) is 9.34. The Morgan fingerprint density at radius 3 is 2.80 bits per heavy atom. The Kier molecular flexibility index (Phi) is 4.71. The number of aromatic hydroxyl groups is 1. The molecule has 1 aliphatic carbocycles. The molecule has 1 aromatic carbocycles. The fourth-order valence-corrected chi connectivity index (χ4v) is 4.15. The van der Waals surface area contributed by atoms with Crippen molar-refractivity contribution in [2.45, 2.75) is 51.2 Å². The second-order valence-electron chi connectivity index (χ2n) is 6.88. The van der Waals surface area contributed by atoms with Gasteiger partial charge >= 0.3 is 5.63 Å². The van der Waals surface area contributed by atoms with E-state index in [0.717, 1.165) is 61.6 Å². The smallest absolute Gasteiger partial charge is 0.339 e. The van der Waals surface area contributed by atoms with E-state index in [1.165, 1.54) is 0 Å². The lowest BCUT2D eigenvalue weighted by Gasteiger charge is -2.19. The average Bonchev–Trinajstić information content (AvgIpc) is 3.13. The van der Waals surface area contributed by atoms with Crippen LogP contribution >= 0.6 is 11.6 Å². The maximum atomic E-state index is 12.4. The van der Waals surface area contributed by atoms with Crippen LogP contribution < -0.4 is 10.9 Å². The molecule has 0 bridgehead atoms. The Morgan fingerprint density at radius 2 is 2.04 bits per heavy atom. The normalized spacial score (nSPS) is 20.1. The summed E-state index contributed by atoms with van der Waals surface area (Å²) in [7, 11) is 0. The third-order valence-electron chi connectivity index (χ3n) is 5.23. The van der Waals surface area contributed by atoms with Gasteiger partial charge in [-0.1, -0.05) is 11.6 Å². The first kappa shape index (κ1) is 16.9. The van der Waals surface area contributed by atoms with Gasteiger partial charge in [-0.25, -0.2) is 4.79 Å². The molecule has 2 aromatic rings. The molecule has 0 saturated carbocycles. The van der Waals surface area contributed by atoms with Crippen molar-refractivity contribution in [1.29, 1.82) is 0 Å². The van der Waals surface area contributed by atoms with Crippen LogP contribution in [0.3, 0.4) is 0 Å². The minimum atomic E-state index is -0.288. The third-order valence-corrected chi connectivity index (χ3v) is 5.52. The van der Waals surface area contributed by atoms with Crippen LogP contribution in [0.5, 0.6) is 5.75 Å². The number of halogens is 1. The number of hydrogen-bond donors (Lipinski definition) is 2. The molecule has 5 nitrogen and oxygen atoms in total. The summed E-state index contributed by atoms with van der Waals surface area (Å²) < 4.78 is 11.2. The number of benzene rings is 1. The summed E-state index contributed by atoms with van der Waals surface area (Å²) in [4.78, 5) is 12.4. The molecule has 6 heteroatoms. The van der Waals surface area contributed by atoms with Crippen LogP contribution in [-0.2, 0) is 24.1 Å². The van der Waals surface area contributed by atoms with Gasteiger partial charge in [-0.3, -0.25) is 0 Å². The Morgan fingerprint density at radius 1 is 1.24 bits per heavy atom. The van der Waals surface area contributed by atoms with E-state index < -0.39 is 0 Å². The summed E-state index contributed by atoms with van der Waals surface area (Å²) in [6.07, 6.45) is 5.98. The van der Waals surface area contributed by atoms with Crippen molar-refractivity contribution in [3.63, 3.8) is 0 Å². The maximum absolute atomic E-state index is 12.4. The van der Waals surface area contributed by atoms with Crippen LogP contribution in [0.2, 0.25) is 5.02 Å². The standard InChI is InChI=1S/C19H22ClNO4/c20-16-8-14-12-5-1-2-6-13(12)19(23)25-18(14)15(17(16)22)10-21-9-11-4-3-7-24-11/h8,11,21-22H,1-7,9-10H2/t11-/m1/s1. The zero-order chi connectivity index (χ0) is 17.4. The predicted molar refractivity (Wildman–Crippen MR) is 96.5 cm³/mol. The lowest BCUT2D eigenvalue weighted by molar-refractivity contribution is 0.110. The molecule has 2 aliphatic rings. The van der Waals surface area contributed by atoms with Crippen molar-refractivity contribution in [3.8, 4) is 5.75 Å². The maximum Gasteiger partial charge on any atom is 0.339 e. The number of rotatable bonds is 4. The summed E-state index contributed by atoms with van der Waals surface area (Å²) in [6.45, 7) is 1.88. The summed E-state index contributed by atoms with van der Waals surface area (Å²) in [5.41, 5.74) is 2.50. The largest absolute Gasteiger partial charge is 0.506 e. The van der Waals surface area contributed by atoms with Crippen molar-refractivity contribution in [1.82, 2.24) is 5.32 Å². The second kappa shape index (κ2) is 6.98. The van der Waals surface area contributed by atoms with Crippen molar-refractivity contribution in [2.75, 3.05) is 13.2 Å². The van der Waals surface area contributed by atoms with Gasteiger partial charge in [-0.15, -0.1) is 0 Å². The van der Waals surface area contributed by atoms with E-state index in [1.807, 2.05) is 0 Å². The highest BCUT2D eigenvalue weighted by molar-refractivity contribution is 6.33. The molecule has 0 unspecified atom stereocenters. The van der Waals surface area contributed by atoms with Gasteiger partial charge < -0.3 is 19.6 Å². The molecule has 2 heterocycles. The first-order chi connectivity index (χ1) is 12.1. The van der Waals surface area contributed by atoms with Gasteiger partial charge in [0.15, 0.2) is 0 Å². The number of nitrogens with one attached hydrogen (secondary N) is 1. The third kappa shape index (κ3) is 3.16. The zero-order valence-electron chi connectivity index (χ0n) is 14.1. The van der Waals surface area contributed by atoms with E-state index in [2.05, 4.69) is 5.32 Å². The molecule has 1 fully saturated rings. The molecular weight excluding hydrogens is 342 g/mol. The van der Waals surface area contributed by atoms with Crippen molar-refractivity contribution in [3.05, 3.63) is 38.2 Å². The molecule has 1 aromatic heterocycles. The Labute approximate surface area is 150 Å². The molecule has 2 N–H and O–H groups in total. The van der Waals surface area contributed by atoms with E-state index in [9.17, 15) is 9.90 Å².